The van der Waals surface area contributed by atoms with Crippen LogP contribution in [0.5, 0.6) is 0 Å². The molecule has 82 valence electrons. The minimum atomic E-state index is 0.0878. The van der Waals surface area contributed by atoms with Gasteiger partial charge in [-0.3, -0.25) is 4.79 Å². The van der Waals surface area contributed by atoms with Gasteiger partial charge in [-0.05, 0) is 12.8 Å². The van der Waals surface area contributed by atoms with Gasteiger partial charge >= 0.3 is 0 Å². The monoisotopic (exact) mass is 271 g/mol. The predicted octanol–water partition coefficient (Wildman–Crippen LogP) is 2.01. The molecule has 1 aromatic heterocycles. The highest BCUT2D eigenvalue weighted by molar-refractivity contribution is 9.09. The lowest BCUT2D eigenvalue weighted by atomic mass is 10.2. The zero-order valence-corrected chi connectivity index (χ0v) is 10.5. The van der Waals surface area contributed by atoms with Crippen molar-refractivity contribution in [2.24, 2.45) is 7.05 Å². The molecule has 0 aliphatic carbocycles. The Morgan fingerprint density at radius 2 is 2.07 bits per heavy atom. The number of carbonyl (C=O) groups excluding carboxylic acids is 1. The van der Waals surface area contributed by atoms with Crippen LogP contribution in [0.2, 0.25) is 0 Å². The Kier molecular flexibility index (Phi) is 5.32. The molecule has 1 N–H and O–H groups in total. The average Bonchev–Trinajstić information content (AvgIpc) is 2.22. The molecule has 0 fully saturated rings. The van der Waals surface area contributed by atoms with Crippen molar-refractivity contribution in [1.82, 2.24) is 0 Å². The summed E-state index contributed by atoms with van der Waals surface area (Å²) in [5, 5.41) is 3.82. The fraction of sp³-hybridized carbons (Fsp3) is 0.455. The largest absolute Gasteiger partial charge is 0.326 e. The van der Waals surface area contributed by atoms with Crippen molar-refractivity contribution in [3.8, 4) is 0 Å². The second kappa shape index (κ2) is 6.56. The Hall–Kier alpha value is -0.900. The number of anilines is 1. The van der Waals surface area contributed by atoms with Crippen molar-refractivity contribution in [2.75, 3.05) is 10.6 Å². The standard InChI is InChI=1S/C11H15BrN2O/c1-14-8-5-10(6-9-14)13-11(15)4-2-3-7-12/h5-6,8-9H,2-4,7H2,1H3/p+1. The van der Waals surface area contributed by atoms with Gasteiger partial charge < -0.3 is 5.32 Å². The number of nitrogens with zero attached hydrogens (tertiary/aromatic N) is 1. The first-order valence-corrected chi connectivity index (χ1v) is 6.15. The third-order valence-electron chi connectivity index (χ3n) is 2.05. The summed E-state index contributed by atoms with van der Waals surface area (Å²) in [5.41, 5.74) is 0.858. The Morgan fingerprint density at radius 1 is 1.40 bits per heavy atom. The maximum absolute atomic E-state index is 11.4. The van der Waals surface area contributed by atoms with Crippen LogP contribution in [-0.2, 0) is 11.8 Å². The number of alkyl halides is 1. The summed E-state index contributed by atoms with van der Waals surface area (Å²) in [6.45, 7) is 0. The lowest BCUT2D eigenvalue weighted by Crippen LogP contribution is -2.26. The molecule has 0 aliphatic heterocycles. The Balaban J connectivity index is 2.34. The van der Waals surface area contributed by atoms with E-state index in [2.05, 4.69) is 21.2 Å². The van der Waals surface area contributed by atoms with Gasteiger partial charge in [-0.2, -0.15) is 0 Å². The van der Waals surface area contributed by atoms with Crippen molar-refractivity contribution in [3.05, 3.63) is 24.5 Å². The van der Waals surface area contributed by atoms with Gasteiger partial charge in [0.2, 0.25) is 5.91 Å². The Bertz CT molecular complexity index is 311. The number of halogens is 1. The number of hydrogen-bond donors (Lipinski definition) is 1. The fourth-order valence-corrected chi connectivity index (χ4v) is 1.58. The molecule has 0 saturated heterocycles. The van der Waals surface area contributed by atoms with Gasteiger partial charge in [0.25, 0.3) is 0 Å². The van der Waals surface area contributed by atoms with E-state index in [0.717, 1.165) is 23.9 Å². The highest BCUT2D eigenvalue weighted by atomic mass is 79.9. The van der Waals surface area contributed by atoms with Crippen LogP contribution in [-0.4, -0.2) is 11.2 Å². The second-order valence-electron chi connectivity index (χ2n) is 3.45. The van der Waals surface area contributed by atoms with Gasteiger partial charge in [0.05, 0.1) is 5.69 Å². The van der Waals surface area contributed by atoms with E-state index in [1.165, 1.54) is 0 Å². The molecule has 15 heavy (non-hydrogen) atoms. The number of carbonyl (C=O) groups is 1. The Labute approximate surface area is 98.6 Å². The number of amides is 1. The van der Waals surface area contributed by atoms with Crippen LogP contribution in [0.3, 0.4) is 0 Å². The lowest BCUT2D eigenvalue weighted by Gasteiger charge is -2.03. The van der Waals surface area contributed by atoms with E-state index in [-0.39, 0.29) is 5.91 Å². The molecular formula is C11H16BrN2O+. The highest BCUT2D eigenvalue weighted by Gasteiger charge is 2.02. The first-order valence-electron chi connectivity index (χ1n) is 5.03. The Morgan fingerprint density at radius 3 is 2.67 bits per heavy atom. The molecule has 0 bridgehead atoms. The normalized spacial score (nSPS) is 10.0. The number of rotatable bonds is 5. The van der Waals surface area contributed by atoms with Crippen molar-refractivity contribution >= 4 is 27.5 Å². The minimum absolute atomic E-state index is 0.0878. The summed E-state index contributed by atoms with van der Waals surface area (Å²) in [4.78, 5) is 11.4. The van der Waals surface area contributed by atoms with Crippen molar-refractivity contribution in [2.45, 2.75) is 19.3 Å². The summed E-state index contributed by atoms with van der Waals surface area (Å²) in [7, 11) is 1.95. The summed E-state index contributed by atoms with van der Waals surface area (Å²) in [6.07, 6.45) is 6.38. The second-order valence-corrected chi connectivity index (χ2v) is 4.24. The number of unbranched alkanes of at least 4 members (excludes halogenated alkanes) is 1. The van der Waals surface area contributed by atoms with Gasteiger partial charge in [-0.1, -0.05) is 15.9 Å². The van der Waals surface area contributed by atoms with Crippen molar-refractivity contribution < 1.29 is 9.36 Å². The van der Waals surface area contributed by atoms with Crippen LogP contribution in [0, 0.1) is 0 Å². The van der Waals surface area contributed by atoms with Crippen LogP contribution < -0.4 is 9.88 Å². The molecule has 3 nitrogen and oxygen atoms in total. The van der Waals surface area contributed by atoms with Crippen molar-refractivity contribution in [1.29, 1.82) is 0 Å². The summed E-state index contributed by atoms with van der Waals surface area (Å²) in [6, 6.07) is 3.78. The fourth-order valence-electron chi connectivity index (χ4n) is 1.19. The van der Waals surface area contributed by atoms with Crippen LogP contribution in [0.25, 0.3) is 0 Å². The average molecular weight is 272 g/mol. The highest BCUT2D eigenvalue weighted by Crippen LogP contribution is 2.05. The van der Waals surface area contributed by atoms with Gasteiger partial charge in [0.1, 0.15) is 7.05 Å². The van der Waals surface area contributed by atoms with Crippen LogP contribution in [0.4, 0.5) is 5.69 Å². The van der Waals surface area contributed by atoms with Crippen LogP contribution in [0.15, 0.2) is 24.5 Å². The summed E-state index contributed by atoms with van der Waals surface area (Å²) < 4.78 is 1.93. The first kappa shape index (κ1) is 12.2. The molecule has 1 heterocycles. The predicted molar refractivity (Wildman–Crippen MR) is 63.9 cm³/mol. The molecule has 1 rings (SSSR count). The quantitative estimate of drug-likeness (QED) is 0.496. The molecule has 0 atom stereocenters. The molecule has 4 heteroatoms. The molecule has 0 unspecified atom stereocenters. The summed E-state index contributed by atoms with van der Waals surface area (Å²) >= 11 is 3.34. The van der Waals surface area contributed by atoms with Gasteiger partial charge in [-0.15, -0.1) is 0 Å². The molecule has 0 aromatic carbocycles. The van der Waals surface area contributed by atoms with E-state index >= 15 is 0 Å². The van der Waals surface area contributed by atoms with Gasteiger partial charge in [0, 0.05) is 23.9 Å². The van der Waals surface area contributed by atoms with E-state index in [9.17, 15) is 4.79 Å². The van der Waals surface area contributed by atoms with E-state index < -0.39 is 0 Å². The van der Waals surface area contributed by atoms with Crippen molar-refractivity contribution in [3.63, 3.8) is 0 Å². The van der Waals surface area contributed by atoms with Crippen LogP contribution >= 0.6 is 15.9 Å². The number of aromatic nitrogens is 1. The maximum Gasteiger partial charge on any atom is 0.224 e. The molecular weight excluding hydrogens is 256 g/mol. The lowest BCUT2D eigenvalue weighted by molar-refractivity contribution is -0.671. The number of hydrogen-bond acceptors (Lipinski definition) is 1. The van der Waals surface area contributed by atoms with Gasteiger partial charge in [-0.25, -0.2) is 4.57 Å². The van der Waals surface area contributed by atoms with E-state index in [4.69, 9.17) is 0 Å². The molecule has 1 amide bonds. The maximum atomic E-state index is 11.4. The smallest absolute Gasteiger partial charge is 0.224 e. The third kappa shape index (κ3) is 4.93. The molecule has 0 radical (unpaired) electrons. The number of nitrogens with one attached hydrogen (secondary N) is 1. The van der Waals surface area contributed by atoms with E-state index in [0.29, 0.717) is 6.42 Å². The minimum Gasteiger partial charge on any atom is -0.326 e. The molecule has 0 aliphatic rings. The topological polar surface area (TPSA) is 33.0 Å². The molecule has 0 saturated carbocycles. The van der Waals surface area contributed by atoms with E-state index in [1.807, 2.05) is 36.1 Å². The molecule has 0 spiro atoms. The van der Waals surface area contributed by atoms with Crippen LogP contribution in [0.1, 0.15) is 19.3 Å². The van der Waals surface area contributed by atoms with Gasteiger partial charge in [0.15, 0.2) is 12.4 Å². The zero-order chi connectivity index (χ0) is 11.1. The number of aryl methyl sites for hydroxylation is 1. The third-order valence-corrected chi connectivity index (χ3v) is 2.61. The van der Waals surface area contributed by atoms with E-state index in [1.54, 1.807) is 0 Å². The molecule has 1 aromatic rings. The zero-order valence-electron chi connectivity index (χ0n) is 8.87. The number of pyridine rings is 1. The first-order chi connectivity index (χ1) is 7.22. The SMILES string of the molecule is C[n+]1ccc(NC(=O)CCCCBr)cc1. The summed E-state index contributed by atoms with van der Waals surface area (Å²) in [5.74, 6) is 0.0878.